The van der Waals surface area contributed by atoms with Crippen LogP contribution in [0.15, 0.2) is 0 Å². The summed E-state index contributed by atoms with van der Waals surface area (Å²) in [7, 11) is 0. The first-order valence-electron chi connectivity index (χ1n) is 15.8. The van der Waals surface area contributed by atoms with Crippen LogP contribution in [0.2, 0.25) is 0 Å². The van der Waals surface area contributed by atoms with Gasteiger partial charge in [0.15, 0.2) is 0 Å². The van der Waals surface area contributed by atoms with Crippen molar-refractivity contribution in [3.05, 3.63) is 0 Å². The third-order valence-electron chi connectivity index (χ3n) is 8.44. The van der Waals surface area contributed by atoms with Gasteiger partial charge in [0.25, 0.3) is 0 Å². The Labute approximate surface area is 221 Å². The summed E-state index contributed by atoms with van der Waals surface area (Å²) in [6, 6.07) is 0. The second-order valence-corrected chi connectivity index (χ2v) is 11.2. The Morgan fingerprint density at radius 1 is 0.571 bits per heavy atom. The molecule has 0 saturated carbocycles. The van der Waals surface area contributed by atoms with Crippen molar-refractivity contribution >= 4 is 5.97 Å². The maximum atomic E-state index is 12.3. The van der Waals surface area contributed by atoms with Crippen molar-refractivity contribution in [3.63, 3.8) is 0 Å². The molecule has 0 saturated heterocycles. The Morgan fingerprint density at radius 3 is 1.23 bits per heavy atom. The number of carbonyl (C=O) groups is 1. The van der Waals surface area contributed by atoms with Gasteiger partial charge in [0.05, 0.1) is 0 Å². The minimum atomic E-state index is -0.778. The number of rotatable bonds is 27. The Balaban J connectivity index is 0. The van der Waals surface area contributed by atoms with Gasteiger partial charge in [0.2, 0.25) is 0 Å². The third kappa shape index (κ3) is 18.3. The average molecular weight is 498 g/mol. The number of carboxylic acids is 1. The molecule has 212 valence electrons. The van der Waals surface area contributed by atoms with Crippen molar-refractivity contribution in [1.29, 1.82) is 0 Å². The van der Waals surface area contributed by atoms with E-state index >= 15 is 0 Å². The van der Waals surface area contributed by atoms with Gasteiger partial charge in [-0.3, -0.25) is 0 Å². The maximum Gasteiger partial charge on any atom is 0.0478 e. The Hall–Kier alpha value is -0.570. The number of carbonyl (C=O) groups excluding carboxylic acids is 1. The fourth-order valence-electron chi connectivity index (χ4n) is 5.94. The standard InChI is InChI=1S/C32H64O2.H3N/c1-5-9-11-13-15-17-18-19-20-21-22-24-26-28-30(7-3)32(8-4,31(33)34)29-27-25-23-16-14-12-10-6-2;/h30H,5-29H2,1-4H3,(H,33,34);1H3. The first-order chi connectivity index (χ1) is 16.6. The van der Waals surface area contributed by atoms with E-state index < -0.39 is 11.4 Å². The fourth-order valence-corrected chi connectivity index (χ4v) is 5.94. The lowest BCUT2D eigenvalue weighted by atomic mass is 9.67. The zero-order valence-electron chi connectivity index (χ0n) is 25.1. The molecule has 0 aliphatic rings. The van der Waals surface area contributed by atoms with Gasteiger partial charge in [-0.25, -0.2) is 0 Å². The van der Waals surface area contributed by atoms with Crippen LogP contribution in [-0.2, 0) is 4.79 Å². The fraction of sp³-hybridized carbons (Fsp3) is 0.969. The molecule has 0 fully saturated rings. The van der Waals surface area contributed by atoms with E-state index in [1.54, 1.807) is 0 Å². The quantitative estimate of drug-likeness (QED) is 0.115. The normalized spacial score (nSPS) is 13.8. The zero-order chi connectivity index (χ0) is 25.3. The van der Waals surface area contributed by atoms with Gasteiger partial charge in [0.1, 0.15) is 0 Å². The molecule has 3 heteroatoms. The largest absolute Gasteiger partial charge is 0.550 e. The van der Waals surface area contributed by atoms with Crippen molar-refractivity contribution in [3.8, 4) is 0 Å². The maximum absolute atomic E-state index is 12.3. The highest BCUT2D eigenvalue weighted by molar-refractivity contribution is 5.72. The molecular weight excluding hydrogens is 430 g/mol. The van der Waals surface area contributed by atoms with Crippen LogP contribution in [0, 0.1) is 11.3 Å². The highest BCUT2D eigenvalue weighted by atomic mass is 16.4. The molecule has 0 aliphatic carbocycles. The lowest BCUT2D eigenvalue weighted by Crippen LogP contribution is -2.47. The summed E-state index contributed by atoms with van der Waals surface area (Å²) in [5.41, 5.74) is -0.603. The average Bonchev–Trinajstić information content (AvgIpc) is 2.84. The smallest absolute Gasteiger partial charge is 0.0478 e. The molecule has 0 aromatic heterocycles. The molecule has 2 atom stereocenters. The lowest BCUT2D eigenvalue weighted by molar-refractivity contribution is -0.323. The Morgan fingerprint density at radius 2 is 0.914 bits per heavy atom. The predicted octanol–water partition coefficient (Wildman–Crippen LogP) is 10.5. The van der Waals surface area contributed by atoms with Crippen molar-refractivity contribution in [2.45, 2.75) is 188 Å². The van der Waals surface area contributed by atoms with E-state index in [-0.39, 0.29) is 12.1 Å². The summed E-state index contributed by atoms with van der Waals surface area (Å²) in [5, 5.41) is 12.3. The van der Waals surface area contributed by atoms with Crippen molar-refractivity contribution in [2.24, 2.45) is 11.3 Å². The van der Waals surface area contributed by atoms with Crippen molar-refractivity contribution in [2.75, 3.05) is 0 Å². The molecule has 0 amide bonds. The first-order valence-corrected chi connectivity index (χ1v) is 15.8. The highest BCUT2D eigenvalue weighted by Gasteiger charge is 2.36. The molecular formula is C32H67NO2. The van der Waals surface area contributed by atoms with Crippen LogP contribution in [0.3, 0.4) is 0 Å². The van der Waals surface area contributed by atoms with Crippen LogP contribution in [0.5, 0.6) is 0 Å². The summed E-state index contributed by atoms with van der Waals surface area (Å²) in [6.07, 6.45) is 31.4. The minimum absolute atomic E-state index is 0. The van der Waals surface area contributed by atoms with E-state index in [4.69, 9.17) is 0 Å². The second-order valence-electron chi connectivity index (χ2n) is 11.2. The molecule has 0 spiro atoms. The van der Waals surface area contributed by atoms with Crippen LogP contribution < -0.4 is 11.3 Å². The van der Waals surface area contributed by atoms with Crippen LogP contribution in [0.25, 0.3) is 0 Å². The molecule has 0 aromatic carbocycles. The number of hydrogen-bond acceptors (Lipinski definition) is 2. The van der Waals surface area contributed by atoms with Gasteiger partial charge >= 0.3 is 0 Å². The molecule has 4 N–H and O–H groups in total. The number of carboxylic acid groups (broad SMARTS) is 1. The molecule has 2 unspecified atom stereocenters. The number of quaternary nitrogens is 1. The summed E-state index contributed by atoms with van der Waals surface area (Å²) < 4.78 is 0. The number of hydrogen-bond donors (Lipinski definition) is 1. The molecule has 0 aromatic rings. The van der Waals surface area contributed by atoms with Crippen LogP contribution in [0.4, 0.5) is 0 Å². The van der Waals surface area contributed by atoms with E-state index in [1.165, 1.54) is 128 Å². The van der Waals surface area contributed by atoms with Gasteiger partial charge in [-0.2, -0.15) is 0 Å². The van der Waals surface area contributed by atoms with Crippen LogP contribution in [-0.4, -0.2) is 5.97 Å². The SMILES string of the molecule is CCCCCCCCCCCCCCCC(CC)C(CC)(CCCCCCCCCC)C(=O)[O-].[NH4+]. The van der Waals surface area contributed by atoms with Gasteiger partial charge < -0.3 is 16.1 Å². The molecule has 0 heterocycles. The topological polar surface area (TPSA) is 76.6 Å². The molecule has 0 aliphatic heterocycles. The molecule has 0 bridgehead atoms. The summed E-state index contributed by atoms with van der Waals surface area (Å²) in [5.74, 6) is -0.501. The van der Waals surface area contributed by atoms with Gasteiger partial charge in [-0.05, 0) is 25.2 Å². The molecule has 3 nitrogen and oxygen atoms in total. The van der Waals surface area contributed by atoms with E-state index in [9.17, 15) is 9.90 Å². The second kappa shape index (κ2) is 26.5. The molecule has 0 rings (SSSR count). The van der Waals surface area contributed by atoms with E-state index in [0.717, 1.165) is 32.1 Å². The Kier molecular flexibility index (Phi) is 27.7. The summed E-state index contributed by atoms with van der Waals surface area (Å²) in [4.78, 5) is 12.3. The summed E-state index contributed by atoms with van der Waals surface area (Å²) >= 11 is 0. The van der Waals surface area contributed by atoms with Crippen molar-refractivity contribution in [1.82, 2.24) is 6.15 Å². The molecule has 0 radical (unpaired) electrons. The monoisotopic (exact) mass is 498 g/mol. The first kappa shape index (κ1) is 36.6. The zero-order valence-corrected chi connectivity index (χ0v) is 25.1. The lowest BCUT2D eigenvalue weighted by Gasteiger charge is -2.41. The third-order valence-corrected chi connectivity index (χ3v) is 8.44. The van der Waals surface area contributed by atoms with E-state index in [1.807, 2.05) is 0 Å². The molecule has 35 heavy (non-hydrogen) atoms. The Bertz CT molecular complexity index is 439. The minimum Gasteiger partial charge on any atom is -0.550 e. The highest BCUT2D eigenvalue weighted by Crippen LogP contribution is 2.41. The summed E-state index contributed by atoms with van der Waals surface area (Å²) in [6.45, 7) is 8.80. The van der Waals surface area contributed by atoms with E-state index in [0.29, 0.717) is 0 Å². The van der Waals surface area contributed by atoms with Gasteiger partial charge in [-0.15, -0.1) is 0 Å². The van der Waals surface area contributed by atoms with Crippen LogP contribution >= 0.6 is 0 Å². The number of aliphatic carboxylic acids is 1. The predicted molar refractivity (Wildman–Crippen MR) is 155 cm³/mol. The van der Waals surface area contributed by atoms with Crippen LogP contribution in [0.1, 0.15) is 188 Å². The van der Waals surface area contributed by atoms with Gasteiger partial charge in [0, 0.05) is 11.4 Å². The van der Waals surface area contributed by atoms with E-state index in [2.05, 4.69) is 27.7 Å². The van der Waals surface area contributed by atoms with Gasteiger partial charge in [-0.1, -0.05) is 169 Å². The van der Waals surface area contributed by atoms with Crippen molar-refractivity contribution < 1.29 is 9.90 Å². The number of unbranched alkanes of at least 4 members (excludes halogenated alkanes) is 19.